The minimum atomic E-state index is -0.897. The van der Waals surface area contributed by atoms with Crippen LogP contribution in [-0.4, -0.2) is 75.3 Å². The number of fused-ring (bicyclic) bond motifs is 1. The number of nitrogens with zero attached hydrogens (tertiary/aromatic N) is 2. The lowest BCUT2D eigenvalue weighted by Gasteiger charge is -2.37. The Labute approximate surface area is 213 Å². The van der Waals surface area contributed by atoms with Crippen molar-refractivity contribution in [3.8, 4) is 5.75 Å². The number of ether oxygens (including phenoxy) is 4. The van der Waals surface area contributed by atoms with Gasteiger partial charge in [-0.1, -0.05) is 30.3 Å². The summed E-state index contributed by atoms with van der Waals surface area (Å²) in [5.41, 5.74) is 4.44. The van der Waals surface area contributed by atoms with Gasteiger partial charge in [-0.2, -0.15) is 0 Å². The smallest absolute Gasteiger partial charge is 0.407 e. The van der Waals surface area contributed by atoms with Crippen LogP contribution in [0.5, 0.6) is 5.75 Å². The highest BCUT2D eigenvalue weighted by molar-refractivity contribution is 5.65. The SMILES string of the molecule is CCOCc1ccc(C2CCN(C(=O)O)CC2OCc2ccc3c(c2)N(CCCOC)CCO3)cc1. The van der Waals surface area contributed by atoms with Crippen molar-refractivity contribution in [1.29, 1.82) is 0 Å². The zero-order valence-corrected chi connectivity index (χ0v) is 21.4. The molecule has 2 atom stereocenters. The van der Waals surface area contributed by atoms with E-state index in [2.05, 4.69) is 35.2 Å². The second kappa shape index (κ2) is 12.9. The summed E-state index contributed by atoms with van der Waals surface area (Å²) in [5, 5.41) is 9.60. The maximum atomic E-state index is 11.7. The fourth-order valence-corrected chi connectivity index (χ4v) is 4.96. The molecule has 8 nitrogen and oxygen atoms in total. The van der Waals surface area contributed by atoms with Crippen molar-refractivity contribution in [3.63, 3.8) is 0 Å². The Bertz CT molecular complexity index is 983. The zero-order valence-electron chi connectivity index (χ0n) is 21.4. The molecular formula is C28H38N2O6. The van der Waals surface area contributed by atoms with Gasteiger partial charge in [0.15, 0.2) is 0 Å². The van der Waals surface area contributed by atoms with Gasteiger partial charge >= 0.3 is 6.09 Å². The summed E-state index contributed by atoms with van der Waals surface area (Å²) in [6.45, 7) is 7.70. The summed E-state index contributed by atoms with van der Waals surface area (Å²) >= 11 is 0. The number of anilines is 1. The summed E-state index contributed by atoms with van der Waals surface area (Å²) in [7, 11) is 1.72. The van der Waals surface area contributed by atoms with E-state index >= 15 is 0 Å². The van der Waals surface area contributed by atoms with Crippen LogP contribution >= 0.6 is 0 Å². The molecule has 2 aliphatic rings. The van der Waals surface area contributed by atoms with Crippen LogP contribution in [0.4, 0.5) is 10.5 Å². The third-order valence-corrected chi connectivity index (χ3v) is 6.93. The Balaban J connectivity index is 1.46. The molecule has 0 aromatic heterocycles. The molecule has 0 spiro atoms. The Kier molecular flexibility index (Phi) is 9.44. The highest BCUT2D eigenvalue weighted by atomic mass is 16.5. The van der Waals surface area contributed by atoms with Crippen molar-refractivity contribution in [2.45, 2.75) is 45.0 Å². The highest BCUT2D eigenvalue weighted by Gasteiger charge is 2.33. The number of amides is 1. The number of benzene rings is 2. The molecule has 2 aromatic carbocycles. The Hall–Kier alpha value is -2.81. The van der Waals surface area contributed by atoms with E-state index in [1.807, 2.05) is 19.1 Å². The fourth-order valence-electron chi connectivity index (χ4n) is 4.96. The molecular weight excluding hydrogens is 460 g/mol. The first-order valence-corrected chi connectivity index (χ1v) is 12.8. The maximum absolute atomic E-state index is 11.7. The van der Waals surface area contributed by atoms with Gasteiger partial charge in [0.05, 0.1) is 38.1 Å². The van der Waals surface area contributed by atoms with Crippen LogP contribution in [0.15, 0.2) is 42.5 Å². The lowest BCUT2D eigenvalue weighted by Crippen LogP contribution is -2.46. The van der Waals surface area contributed by atoms with Gasteiger partial charge in [0.1, 0.15) is 12.4 Å². The third-order valence-electron chi connectivity index (χ3n) is 6.93. The van der Waals surface area contributed by atoms with E-state index in [4.69, 9.17) is 18.9 Å². The average molecular weight is 499 g/mol. The largest absolute Gasteiger partial charge is 0.490 e. The van der Waals surface area contributed by atoms with E-state index in [1.165, 1.54) is 10.5 Å². The number of carbonyl (C=O) groups is 1. The van der Waals surface area contributed by atoms with Gasteiger partial charge in [-0.3, -0.25) is 0 Å². The number of hydrogen-bond donors (Lipinski definition) is 1. The van der Waals surface area contributed by atoms with Crippen molar-refractivity contribution >= 4 is 11.8 Å². The van der Waals surface area contributed by atoms with Gasteiger partial charge < -0.3 is 33.9 Å². The van der Waals surface area contributed by atoms with Crippen LogP contribution in [-0.2, 0) is 27.4 Å². The lowest BCUT2D eigenvalue weighted by molar-refractivity contribution is -0.0199. The molecule has 4 rings (SSSR count). The van der Waals surface area contributed by atoms with Crippen molar-refractivity contribution in [3.05, 3.63) is 59.2 Å². The van der Waals surface area contributed by atoms with Gasteiger partial charge in [0.2, 0.25) is 0 Å². The molecule has 1 amide bonds. The number of hydrogen-bond acceptors (Lipinski definition) is 6. The molecule has 2 aliphatic heterocycles. The van der Waals surface area contributed by atoms with Crippen LogP contribution < -0.4 is 9.64 Å². The molecule has 1 N–H and O–H groups in total. The van der Waals surface area contributed by atoms with Gasteiger partial charge in [0.25, 0.3) is 0 Å². The van der Waals surface area contributed by atoms with E-state index < -0.39 is 6.09 Å². The topological polar surface area (TPSA) is 80.7 Å². The van der Waals surface area contributed by atoms with Crippen LogP contribution in [0.25, 0.3) is 0 Å². The molecule has 1 fully saturated rings. The molecule has 2 unspecified atom stereocenters. The molecule has 2 aromatic rings. The molecule has 196 valence electrons. The Morgan fingerprint density at radius 3 is 2.67 bits per heavy atom. The Morgan fingerprint density at radius 2 is 1.92 bits per heavy atom. The van der Waals surface area contributed by atoms with E-state index in [0.717, 1.165) is 55.1 Å². The number of likely N-dealkylation sites (tertiary alicyclic amines) is 1. The fraction of sp³-hybridized carbons (Fsp3) is 0.536. The van der Waals surface area contributed by atoms with Crippen molar-refractivity contribution in [1.82, 2.24) is 4.90 Å². The second-order valence-corrected chi connectivity index (χ2v) is 9.34. The maximum Gasteiger partial charge on any atom is 0.407 e. The number of methoxy groups -OCH3 is 1. The predicted octanol–water partition coefficient (Wildman–Crippen LogP) is 4.51. The van der Waals surface area contributed by atoms with Crippen LogP contribution in [0, 0.1) is 0 Å². The second-order valence-electron chi connectivity index (χ2n) is 9.34. The number of piperidine rings is 1. The monoisotopic (exact) mass is 498 g/mol. The first-order valence-electron chi connectivity index (χ1n) is 12.8. The van der Waals surface area contributed by atoms with E-state index in [1.54, 1.807) is 7.11 Å². The third kappa shape index (κ3) is 6.69. The molecule has 8 heteroatoms. The first kappa shape index (κ1) is 26.3. The molecule has 2 heterocycles. The van der Waals surface area contributed by atoms with Crippen LogP contribution in [0.3, 0.4) is 0 Å². The normalized spacial score (nSPS) is 19.6. The number of carboxylic acid groups (broad SMARTS) is 1. The van der Waals surface area contributed by atoms with E-state index in [-0.39, 0.29) is 12.0 Å². The molecule has 0 radical (unpaired) electrons. The lowest BCUT2D eigenvalue weighted by atomic mass is 9.86. The van der Waals surface area contributed by atoms with Crippen molar-refractivity contribution in [2.75, 3.05) is 58.0 Å². The standard InChI is InChI=1S/C28H38N2O6/c1-3-34-19-21-5-8-23(9-6-21)24-11-13-30(28(31)32)18-27(24)36-20-22-7-10-26-25(17-22)29(14-16-35-26)12-4-15-33-2/h5-10,17,24,27H,3-4,11-16,18-20H2,1-2H3,(H,31,32). The molecule has 1 saturated heterocycles. The summed E-state index contributed by atoms with van der Waals surface area (Å²) < 4.78 is 23.0. The van der Waals surface area contributed by atoms with Crippen molar-refractivity contribution in [2.24, 2.45) is 0 Å². The van der Waals surface area contributed by atoms with Crippen LogP contribution in [0.1, 0.15) is 42.4 Å². The highest BCUT2D eigenvalue weighted by Crippen LogP contribution is 2.35. The zero-order chi connectivity index (χ0) is 25.3. The van der Waals surface area contributed by atoms with Gasteiger partial charge in [-0.25, -0.2) is 4.79 Å². The van der Waals surface area contributed by atoms with Gasteiger partial charge in [-0.15, -0.1) is 0 Å². The minimum absolute atomic E-state index is 0.133. The summed E-state index contributed by atoms with van der Waals surface area (Å²) in [6.07, 6.45) is 0.562. The van der Waals surface area contributed by atoms with Gasteiger partial charge in [-0.05, 0) is 48.6 Å². The van der Waals surface area contributed by atoms with Gasteiger partial charge in [0, 0.05) is 39.3 Å². The van der Waals surface area contributed by atoms with E-state index in [9.17, 15) is 9.90 Å². The number of rotatable bonds is 11. The predicted molar refractivity (Wildman–Crippen MR) is 138 cm³/mol. The molecule has 0 aliphatic carbocycles. The Morgan fingerprint density at radius 1 is 1.11 bits per heavy atom. The molecule has 0 bridgehead atoms. The first-order chi connectivity index (χ1) is 17.6. The summed E-state index contributed by atoms with van der Waals surface area (Å²) in [6, 6.07) is 14.6. The molecule has 36 heavy (non-hydrogen) atoms. The average Bonchev–Trinajstić information content (AvgIpc) is 2.91. The van der Waals surface area contributed by atoms with Crippen LogP contribution in [0.2, 0.25) is 0 Å². The minimum Gasteiger partial charge on any atom is -0.490 e. The summed E-state index contributed by atoms with van der Waals surface area (Å²) in [4.78, 5) is 15.5. The van der Waals surface area contributed by atoms with E-state index in [0.29, 0.717) is 39.5 Å². The molecule has 0 saturated carbocycles. The quantitative estimate of drug-likeness (QED) is 0.457. The summed E-state index contributed by atoms with van der Waals surface area (Å²) in [5.74, 6) is 1.02. The van der Waals surface area contributed by atoms with Crippen molar-refractivity contribution < 1.29 is 28.8 Å².